The molecule has 0 spiro atoms. The Hall–Kier alpha value is -1.17. The molecule has 0 saturated carbocycles. The molecular weight excluding hydrogens is 314 g/mol. The molecule has 3 rings (SSSR count). The van der Waals surface area contributed by atoms with Gasteiger partial charge in [0.15, 0.2) is 0 Å². The number of hydrogen-bond acceptors (Lipinski definition) is 3. The van der Waals surface area contributed by atoms with Crippen molar-refractivity contribution >= 4 is 21.4 Å². The number of rotatable bonds is 3. The predicted molar refractivity (Wildman–Crippen MR) is 91.0 cm³/mol. The van der Waals surface area contributed by atoms with E-state index in [1.807, 2.05) is 26.0 Å². The average molecular weight is 335 g/mol. The molecule has 1 fully saturated rings. The summed E-state index contributed by atoms with van der Waals surface area (Å²) >= 11 is 1.71. The SMILES string of the molecule is Cc1ccc(C)c(S(=O)(=O)N2CCC(c3ccsc3)CC2)c1. The lowest BCUT2D eigenvalue weighted by atomic mass is 9.92. The zero-order valence-electron chi connectivity index (χ0n) is 13.0. The Balaban J connectivity index is 1.79. The van der Waals surface area contributed by atoms with Crippen molar-refractivity contribution in [2.75, 3.05) is 13.1 Å². The van der Waals surface area contributed by atoms with E-state index in [0.717, 1.165) is 24.0 Å². The van der Waals surface area contributed by atoms with Crippen LogP contribution in [0.2, 0.25) is 0 Å². The van der Waals surface area contributed by atoms with E-state index < -0.39 is 10.0 Å². The van der Waals surface area contributed by atoms with Gasteiger partial charge in [0, 0.05) is 13.1 Å². The van der Waals surface area contributed by atoms with Crippen molar-refractivity contribution in [2.45, 2.75) is 37.5 Å². The summed E-state index contributed by atoms with van der Waals surface area (Å²) in [5, 5.41) is 4.27. The molecule has 1 saturated heterocycles. The number of benzene rings is 1. The van der Waals surface area contributed by atoms with Crippen LogP contribution in [-0.2, 0) is 10.0 Å². The highest BCUT2D eigenvalue weighted by atomic mass is 32.2. The van der Waals surface area contributed by atoms with Gasteiger partial charge in [-0.1, -0.05) is 12.1 Å². The third kappa shape index (κ3) is 2.98. The van der Waals surface area contributed by atoms with Crippen LogP contribution < -0.4 is 0 Å². The van der Waals surface area contributed by atoms with Gasteiger partial charge in [0.2, 0.25) is 10.0 Å². The van der Waals surface area contributed by atoms with Gasteiger partial charge in [-0.15, -0.1) is 0 Å². The highest BCUT2D eigenvalue weighted by Gasteiger charge is 2.30. The fourth-order valence-electron chi connectivity index (χ4n) is 3.06. The molecule has 2 heterocycles. The fraction of sp³-hybridized carbons (Fsp3) is 0.412. The van der Waals surface area contributed by atoms with E-state index in [2.05, 4.69) is 16.8 Å². The second-order valence-corrected chi connectivity index (χ2v) is 8.69. The van der Waals surface area contributed by atoms with Gasteiger partial charge in [0.1, 0.15) is 0 Å². The zero-order valence-corrected chi connectivity index (χ0v) is 14.6. The summed E-state index contributed by atoms with van der Waals surface area (Å²) in [6, 6.07) is 7.79. The highest BCUT2D eigenvalue weighted by molar-refractivity contribution is 7.89. The summed E-state index contributed by atoms with van der Waals surface area (Å²) in [7, 11) is -3.37. The molecule has 0 aliphatic carbocycles. The molecule has 0 bridgehead atoms. The van der Waals surface area contributed by atoms with Crippen LogP contribution in [0.25, 0.3) is 0 Å². The van der Waals surface area contributed by atoms with Crippen LogP contribution in [0.3, 0.4) is 0 Å². The maximum absolute atomic E-state index is 12.9. The van der Waals surface area contributed by atoms with Gasteiger partial charge in [-0.05, 0) is 72.2 Å². The summed E-state index contributed by atoms with van der Waals surface area (Å²) in [6.45, 7) is 5.01. The summed E-state index contributed by atoms with van der Waals surface area (Å²) in [6.07, 6.45) is 1.81. The smallest absolute Gasteiger partial charge is 0.207 e. The van der Waals surface area contributed by atoms with Crippen molar-refractivity contribution < 1.29 is 8.42 Å². The van der Waals surface area contributed by atoms with Gasteiger partial charge in [-0.2, -0.15) is 15.6 Å². The van der Waals surface area contributed by atoms with Gasteiger partial charge in [-0.25, -0.2) is 8.42 Å². The molecule has 22 heavy (non-hydrogen) atoms. The van der Waals surface area contributed by atoms with Crippen LogP contribution in [0.15, 0.2) is 39.9 Å². The van der Waals surface area contributed by atoms with Crippen LogP contribution in [0.1, 0.15) is 35.4 Å². The topological polar surface area (TPSA) is 37.4 Å². The number of piperidine rings is 1. The van der Waals surface area contributed by atoms with Gasteiger partial charge in [0.25, 0.3) is 0 Å². The minimum absolute atomic E-state index is 0.460. The first-order valence-electron chi connectivity index (χ1n) is 7.58. The molecule has 1 aliphatic rings. The van der Waals surface area contributed by atoms with Crippen molar-refractivity contribution in [3.63, 3.8) is 0 Å². The van der Waals surface area contributed by atoms with E-state index >= 15 is 0 Å². The Kier molecular flexibility index (Phi) is 4.39. The standard InChI is InChI=1S/C17H21NO2S2/c1-13-3-4-14(2)17(11-13)22(19,20)18-8-5-15(6-9-18)16-7-10-21-12-16/h3-4,7,10-12,15H,5-6,8-9H2,1-2H3. The van der Waals surface area contributed by atoms with Crippen molar-refractivity contribution in [3.8, 4) is 0 Å². The van der Waals surface area contributed by atoms with E-state index in [1.165, 1.54) is 5.56 Å². The maximum atomic E-state index is 12.9. The van der Waals surface area contributed by atoms with E-state index in [9.17, 15) is 8.42 Å². The van der Waals surface area contributed by atoms with Gasteiger partial charge in [-0.3, -0.25) is 0 Å². The first-order chi connectivity index (χ1) is 10.5. The molecule has 1 aromatic carbocycles. The number of aryl methyl sites for hydroxylation is 2. The molecule has 0 N–H and O–H groups in total. The predicted octanol–water partition coefficient (Wildman–Crippen LogP) is 3.93. The second-order valence-electron chi connectivity index (χ2n) is 6.00. The van der Waals surface area contributed by atoms with Gasteiger partial charge in [0.05, 0.1) is 4.90 Å². The van der Waals surface area contributed by atoms with Crippen LogP contribution in [0.4, 0.5) is 0 Å². The molecule has 118 valence electrons. The first kappa shape index (κ1) is 15.7. The number of nitrogens with zero attached hydrogens (tertiary/aromatic N) is 1. The molecule has 1 aliphatic heterocycles. The Bertz CT molecular complexity index is 743. The largest absolute Gasteiger partial charge is 0.243 e. The Labute approximate surface area is 136 Å². The average Bonchev–Trinajstić information content (AvgIpc) is 3.04. The lowest BCUT2D eigenvalue weighted by molar-refractivity contribution is 0.319. The maximum Gasteiger partial charge on any atom is 0.243 e. The van der Waals surface area contributed by atoms with E-state index in [1.54, 1.807) is 21.7 Å². The molecular formula is C17H21NO2S2. The van der Waals surface area contributed by atoms with E-state index in [0.29, 0.717) is 23.9 Å². The lowest BCUT2D eigenvalue weighted by Crippen LogP contribution is -2.38. The number of hydrogen-bond donors (Lipinski definition) is 0. The monoisotopic (exact) mass is 335 g/mol. The fourth-order valence-corrected chi connectivity index (χ4v) is 5.58. The van der Waals surface area contributed by atoms with Crippen molar-refractivity contribution in [1.29, 1.82) is 0 Å². The van der Waals surface area contributed by atoms with Crippen molar-refractivity contribution in [3.05, 3.63) is 51.7 Å². The number of thiophene rings is 1. The Morgan fingerprint density at radius 3 is 2.50 bits per heavy atom. The molecule has 0 unspecified atom stereocenters. The van der Waals surface area contributed by atoms with Crippen molar-refractivity contribution in [1.82, 2.24) is 4.31 Å². The number of sulfonamides is 1. The van der Waals surface area contributed by atoms with E-state index in [-0.39, 0.29) is 0 Å². The zero-order chi connectivity index (χ0) is 15.7. The minimum atomic E-state index is -3.37. The molecule has 0 amide bonds. The lowest BCUT2D eigenvalue weighted by Gasteiger charge is -2.31. The Morgan fingerprint density at radius 2 is 1.86 bits per heavy atom. The summed E-state index contributed by atoms with van der Waals surface area (Å²) in [4.78, 5) is 0.460. The van der Waals surface area contributed by atoms with Crippen LogP contribution >= 0.6 is 11.3 Å². The third-order valence-corrected chi connectivity index (χ3v) is 7.17. The second kappa shape index (κ2) is 6.14. The van der Waals surface area contributed by atoms with E-state index in [4.69, 9.17) is 0 Å². The summed E-state index contributed by atoms with van der Waals surface area (Å²) < 4.78 is 27.4. The summed E-state index contributed by atoms with van der Waals surface area (Å²) in [5.41, 5.74) is 3.16. The van der Waals surface area contributed by atoms with Crippen LogP contribution in [0, 0.1) is 13.8 Å². The minimum Gasteiger partial charge on any atom is -0.207 e. The van der Waals surface area contributed by atoms with Gasteiger partial charge >= 0.3 is 0 Å². The molecule has 5 heteroatoms. The summed E-state index contributed by atoms with van der Waals surface area (Å²) in [5.74, 6) is 0.497. The highest BCUT2D eigenvalue weighted by Crippen LogP contribution is 2.32. The molecule has 0 radical (unpaired) electrons. The quantitative estimate of drug-likeness (QED) is 0.852. The Morgan fingerprint density at radius 1 is 1.14 bits per heavy atom. The molecule has 1 aromatic heterocycles. The normalized spacial score (nSPS) is 17.7. The molecule has 0 atom stereocenters. The van der Waals surface area contributed by atoms with Gasteiger partial charge < -0.3 is 0 Å². The third-order valence-electron chi connectivity index (χ3n) is 4.43. The van der Waals surface area contributed by atoms with Crippen molar-refractivity contribution in [2.24, 2.45) is 0 Å². The molecule has 2 aromatic rings. The van der Waals surface area contributed by atoms with Crippen LogP contribution in [0.5, 0.6) is 0 Å². The molecule has 3 nitrogen and oxygen atoms in total. The first-order valence-corrected chi connectivity index (χ1v) is 9.96. The van der Waals surface area contributed by atoms with Crippen LogP contribution in [-0.4, -0.2) is 25.8 Å².